The second kappa shape index (κ2) is 6.71. The third kappa shape index (κ3) is 3.29. The summed E-state index contributed by atoms with van der Waals surface area (Å²) in [5.74, 6) is 2.14. The van der Waals surface area contributed by atoms with Crippen LogP contribution in [0.25, 0.3) is 0 Å². The van der Waals surface area contributed by atoms with Gasteiger partial charge in [-0.3, -0.25) is 0 Å². The highest BCUT2D eigenvalue weighted by molar-refractivity contribution is 7.80. The molecule has 2 aliphatic rings. The van der Waals surface area contributed by atoms with Gasteiger partial charge in [-0.25, -0.2) is 4.99 Å². The minimum Gasteiger partial charge on any atom is -0.504 e. The molecule has 4 rings (SSSR count). The van der Waals surface area contributed by atoms with Crippen LogP contribution in [0.3, 0.4) is 0 Å². The topological polar surface area (TPSA) is 63.4 Å². The van der Waals surface area contributed by atoms with E-state index in [1.54, 1.807) is 13.2 Å². The quantitative estimate of drug-likeness (QED) is 0.765. The minimum absolute atomic E-state index is 0.0758. The molecule has 0 saturated heterocycles. The van der Waals surface area contributed by atoms with Crippen molar-refractivity contribution in [1.29, 1.82) is 0 Å². The van der Waals surface area contributed by atoms with Crippen LogP contribution in [-0.4, -0.2) is 28.9 Å². The molecule has 2 aromatic carbocycles. The summed E-state index contributed by atoms with van der Waals surface area (Å²) in [6.45, 7) is 6.34. The fourth-order valence-corrected chi connectivity index (χ4v) is 3.60. The molecule has 1 N–H and O–H groups in total. The summed E-state index contributed by atoms with van der Waals surface area (Å²) in [5, 5.41) is 10.5. The average Bonchev–Trinajstić information content (AvgIpc) is 2.66. The molecular weight excluding hydrogens is 372 g/mol. The van der Waals surface area contributed by atoms with Gasteiger partial charge < -0.3 is 14.6 Å². The molecule has 0 fully saturated rings. The first kappa shape index (κ1) is 18.6. The highest BCUT2D eigenvalue weighted by Gasteiger charge is 2.35. The number of fused-ring (bicyclic) bond motifs is 2. The van der Waals surface area contributed by atoms with E-state index in [-0.39, 0.29) is 17.1 Å². The van der Waals surface area contributed by atoms with Crippen LogP contribution in [0.2, 0.25) is 0 Å². The monoisotopic (exact) mass is 394 g/mol. The number of methoxy groups -OCH3 is 1. The van der Waals surface area contributed by atoms with Gasteiger partial charge in [0.2, 0.25) is 5.90 Å². The van der Waals surface area contributed by atoms with Gasteiger partial charge in [0.1, 0.15) is 10.7 Å². The molecule has 0 amide bonds. The van der Waals surface area contributed by atoms with E-state index in [9.17, 15) is 5.11 Å². The van der Waals surface area contributed by atoms with E-state index >= 15 is 0 Å². The van der Waals surface area contributed by atoms with Gasteiger partial charge in [0.25, 0.3) is 0 Å². The van der Waals surface area contributed by atoms with Gasteiger partial charge in [0, 0.05) is 11.1 Å². The summed E-state index contributed by atoms with van der Waals surface area (Å²) >= 11 is 5.56. The van der Waals surface area contributed by atoms with Crippen LogP contribution in [0.1, 0.15) is 37.5 Å². The van der Waals surface area contributed by atoms with Crippen LogP contribution in [0.15, 0.2) is 46.4 Å². The number of aliphatic imine (C=N–C) groups is 2. The lowest BCUT2D eigenvalue weighted by molar-refractivity contribution is 0.408. The van der Waals surface area contributed by atoms with Gasteiger partial charge in [-0.2, -0.15) is 4.99 Å². The molecule has 0 aromatic heterocycles. The van der Waals surface area contributed by atoms with Gasteiger partial charge in [-0.15, -0.1) is 0 Å². The molecule has 0 saturated carbocycles. The largest absolute Gasteiger partial charge is 0.504 e. The maximum Gasteiger partial charge on any atom is 0.207 e. The van der Waals surface area contributed by atoms with Crippen molar-refractivity contribution in [1.82, 2.24) is 0 Å². The molecule has 6 heteroatoms. The maximum atomic E-state index is 10.5. The van der Waals surface area contributed by atoms with Gasteiger partial charge in [0.05, 0.1) is 13.0 Å². The summed E-state index contributed by atoms with van der Waals surface area (Å²) in [7, 11) is 1.62. The van der Waals surface area contributed by atoms with Crippen molar-refractivity contribution in [2.75, 3.05) is 7.11 Å². The van der Waals surface area contributed by atoms with Crippen LogP contribution in [0, 0.1) is 5.92 Å². The Labute approximate surface area is 169 Å². The molecule has 2 aliphatic heterocycles. The van der Waals surface area contributed by atoms with Gasteiger partial charge in [0.15, 0.2) is 17.3 Å². The molecule has 0 spiro atoms. The first-order valence-corrected chi connectivity index (χ1v) is 9.57. The maximum absolute atomic E-state index is 10.5. The molecule has 0 aliphatic carbocycles. The van der Waals surface area contributed by atoms with Gasteiger partial charge in [-0.1, -0.05) is 39.1 Å². The Bertz CT molecular complexity index is 1020. The molecule has 2 heterocycles. The zero-order valence-corrected chi connectivity index (χ0v) is 17.1. The number of ether oxygens (including phenoxy) is 2. The summed E-state index contributed by atoms with van der Waals surface area (Å²) in [4.78, 5) is 9.68. The fraction of sp³-hybridized carbons (Fsp3) is 0.318. The lowest BCUT2D eigenvalue weighted by atomic mass is 9.83. The van der Waals surface area contributed by atoms with Crippen LogP contribution < -0.4 is 9.47 Å². The Balaban J connectivity index is 1.71. The number of nitrogens with zero attached hydrogens (tertiary/aromatic N) is 2. The zero-order chi connectivity index (χ0) is 20.1. The van der Waals surface area contributed by atoms with E-state index < -0.39 is 0 Å². The minimum atomic E-state index is -0.195. The molecule has 0 radical (unpaired) electrons. The number of hydrogen-bond donors (Lipinski definition) is 1. The standard InChI is InChI=1S/C22H22N2O3S/c1-22(2,3)14-9-13-10-16-20(27-18(13)17(25)11-14)23-19(24-21(16)28)12-5-7-15(26-4)8-6-12/h5-9,11,16,25H,10H2,1-4H3. The van der Waals surface area contributed by atoms with Crippen LogP contribution in [0.5, 0.6) is 17.2 Å². The van der Waals surface area contributed by atoms with Crippen molar-refractivity contribution < 1.29 is 14.6 Å². The van der Waals surface area contributed by atoms with Crippen LogP contribution in [-0.2, 0) is 11.8 Å². The normalized spacial score (nSPS) is 18.4. The van der Waals surface area contributed by atoms with Crippen molar-refractivity contribution in [2.24, 2.45) is 15.9 Å². The first-order chi connectivity index (χ1) is 13.3. The molecule has 1 atom stereocenters. The number of thiocarbonyl (C=S) groups is 1. The predicted molar refractivity (Wildman–Crippen MR) is 114 cm³/mol. The van der Waals surface area contributed by atoms with Gasteiger partial charge in [-0.05, 0) is 47.7 Å². The number of phenols is 1. The third-order valence-electron chi connectivity index (χ3n) is 5.02. The van der Waals surface area contributed by atoms with E-state index in [1.807, 2.05) is 24.3 Å². The lowest BCUT2D eigenvalue weighted by Crippen LogP contribution is -2.36. The Hall–Kier alpha value is -2.73. The van der Waals surface area contributed by atoms with E-state index in [2.05, 4.69) is 36.8 Å². The number of amidine groups is 1. The van der Waals surface area contributed by atoms with E-state index in [0.29, 0.717) is 28.9 Å². The highest BCUT2D eigenvalue weighted by Crippen LogP contribution is 2.41. The molecule has 1 unspecified atom stereocenters. The van der Waals surface area contributed by atoms with Crippen molar-refractivity contribution in [3.05, 3.63) is 53.1 Å². The fourth-order valence-electron chi connectivity index (χ4n) is 3.33. The Morgan fingerprint density at radius 3 is 2.50 bits per heavy atom. The highest BCUT2D eigenvalue weighted by atomic mass is 32.1. The van der Waals surface area contributed by atoms with Crippen molar-refractivity contribution in [2.45, 2.75) is 32.6 Å². The molecule has 28 heavy (non-hydrogen) atoms. The Morgan fingerprint density at radius 2 is 1.86 bits per heavy atom. The molecule has 2 aromatic rings. The summed E-state index contributed by atoms with van der Waals surface area (Å²) in [6.07, 6.45) is 0.615. The number of benzene rings is 2. The second-order valence-electron chi connectivity index (χ2n) is 8.04. The number of phenolic OH excluding ortho intramolecular Hbond substituents is 1. The van der Waals surface area contributed by atoms with Crippen LogP contribution in [0.4, 0.5) is 0 Å². The third-order valence-corrected chi connectivity index (χ3v) is 5.40. The molecular formula is C22H22N2O3S. The lowest BCUT2D eigenvalue weighted by Gasteiger charge is -2.30. The van der Waals surface area contributed by atoms with Crippen molar-refractivity contribution >= 4 is 28.9 Å². The summed E-state index contributed by atoms with van der Waals surface area (Å²) in [5.41, 5.74) is 2.74. The Kier molecular flexibility index (Phi) is 4.46. The summed E-state index contributed by atoms with van der Waals surface area (Å²) < 4.78 is 11.2. The number of hydrogen-bond acceptors (Lipinski definition) is 5. The van der Waals surface area contributed by atoms with Crippen molar-refractivity contribution in [3.63, 3.8) is 0 Å². The molecule has 5 nitrogen and oxygen atoms in total. The smallest absolute Gasteiger partial charge is 0.207 e. The van der Waals surface area contributed by atoms with Gasteiger partial charge >= 0.3 is 0 Å². The first-order valence-electron chi connectivity index (χ1n) is 9.16. The molecule has 0 bridgehead atoms. The molecule has 144 valence electrons. The second-order valence-corrected chi connectivity index (χ2v) is 8.46. The Morgan fingerprint density at radius 1 is 1.14 bits per heavy atom. The predicted octanol–water partition coefficient (Wildman–Crippen LogP) is 4.44. The van der Waals surface area contributed by atoms with Crippen LogP contribution >= 0.6 is 12.2 Å². The zero-order valence-electron chi connectivity index (χ0n) is 16.3. The number of aromatic hydroxyl groups is 1. The SMILES string of the molecule is COc1ccc(C2=NC(=S)C3Cc4cc(C(C)(C)C)cc(O)c4OC3=N2)cc1. The van der Waals surface area contributed by atoms with E-state index in [4.69, 9.17) is 21.7 Å². The van der Waals surface area contributed by atoms with Crippen molar-refractivity contribution in [3.8, 4) is 17.2 Å². The summed E-state index contributed by atoms with van der Waals surface area (Å²) in [6, 6.07) is 11.3. The average molecular weight is 394 g/mol. The van der Waals surface area contributed by atoms with E-state index in [0.717, 1.165) is 22.4 Å². The van der Waals surface area contributed by atoms with E-state index in [1.165, 1.54) is 0 Å². The number of rotatable bonds is 2.